The van der Waals surface area contributed by atoms with Gasteiger partial charge in [0.25, 0.3) is 6.43 Å². The highest BCUT2D eigenvalue weighted by Crippen LogP contribution is 2.30. The highest BCUT2D eigenvalue weighted by Gasteiger charge is 2.16. The number of rotatable bonds is 1. The predicted molar refractivity (Wildman–Crippen MR) is 50.5 cm³/mol. The van der Waals surface area contributed by atoms with Crippen molar-refractivity contribution in [2.24, 2.45) is 0 Å². The van der Waals surface area contributed by atoms with Crippen LogP contribution in [0.25, 0.3) is 10.9 Å². The van der Waals surface area contributed by atoms with Gasteiger partial charge in [-0.1, -0.05) is 0 Å². The van der Waals surface area contributed by atoms with Gasteiger partial charge in [-0.2, -0.15) is 5.10 Å². The SMILES string of the molecule is Cc1cc2[nH]ncc2c(C)c1C(F)F. The van der Waals surface area contributed by atoms with Gasteiger partial charge in [0.2, 0.25) is 0 Å². The van der Waals surface area contributed by atoms with Crippen LogP contribution in [-0.4, -0.2) is 10.2 Å². The van der Waals surface area contributed by atoms with E-state index >= 15 is 0 Å². The maximum absolute atomic E-state index is 12.7. The molecule has 4 heteroatoms. The van der Waals surface area contributed by atoms with Gasteiger partial charge in [-0.25, -0.2) is 8.78 Å². The Morgan fingerprint density at radius 1 is 1.36 bits per heavy atom. The molecule has 0 aliphatic carbocycles. The Bertz CT molecular complexity index is 474. The van der Waals surface area contributed by atoms with Crippen molar-refractivity contribution >= 4 is 10.9 Å². The number of aryl methyl sites for hydroxylation is 2. The van der Waals surface area contributed by atoms with Crippen LogP contribution in [-0.2, 0) is 0 Å². The number of benzene rings is 1. The standard InChI is InChI=1S/C10H10F2N2/c1-5-3-8-7(4-13-14-8)6(2)9(5)10(11)12/h3-4,10H,1-2H3,(H,13,14). The lowest BCUT2D eigenvalue weighted by Crippen LogP contribution is -1.94. The van der Waals surface area contributed by atoms with Crippen LogP contribution in [0.5, 0.6) is 0 Å². The van der Waals surface area contributed by atoms with E-state index in [0.717, 1.165) is 10.9 Å². The van der Waals surface area contributed by atoms with E-state index in [9.17, 15) is 8.78 Å². The topological polar surface area (TPSA) is 28.7 Å². The van der Waals surface area contributed by atoms with Crippen LogP contribution < -0.4 is 0 Å². The number of halogens is 2. The Kier molecular flexibility index (Phi) is 1.98. The molecule has 0 atom stereocenters. The van der Waals surface area contributed by atoms with Gasteiger partial charge in [0.05, 0.1) is 11.7 Å². The van der Waals surface area contributed by atoms with E-state index in [1.807, 2.05) is 0 Å². The highest BCUT2D eigenvalue weighted by atomic mass is 19.3. The first-order valence-electron chi connectivity index (χ1n) is 4.32. The van der Waals surface area contributed by atoms with E-state index in [2.05, 4.69) is 10.2 Å². The molecule has 1 heterocycles. The second-order valence-electron chi connectivity index (χ2n) is 3.36. The Morgan fingerprint density at radius 3 is 2.71 bits per heavy atom. The number of hydrogen-bond acceptors (Lipinski definition) is 1. The summed E-state index contributed by atoms with van der Waals surface area (Å²) < 4.78 is 25.4. The highest BCUT2D eigenvalue weighted by molar-refractivity contribution is 5.83. The second-order valence-corrected chi connectivity index (χ2v) is 3.36. The molecule has 0 radical (unpaired) electrons. The monoisotopic (exact) mass is 196 g/mol. The maximum atomic E-state index is 12.7. The zero-order valence-electron chi connectivity index (χ0n) is 7.94. The van der Waals surface area contributed by atoms with Crippen molar-refractivity contribution in [3.05, 3.63) is 29.0 Å². The molecule has 0 fully saturated rings. The summed E-state index contributed by atoms with van der Waals surface area (Å²) in [6, 6.07) is 1.71. The van der Waals surface area contributed by atoms with E-state index in [4.69, 9.17) is 0 Å². The number of aromatic nitrogens is 2. The Morgan fingerprint density at radius 2 is 2.07 bits per heavy atom. The fourth-order valence-electron chi connectivity index (χ4n) is 1.78. The minimum Gasteiger partial charge on any atom is -0.278 e. The van der Waals surface area contributed by atoms with E-state index in [0.29, 0.717) is 11.1 Å². The number of fused-ring (bicyclic) bond motifs is 1. The lowest BCUT2D eigenvalue weighted by molar-refractivity contribution is 0.150. The molecule has 0 aliphatic heterocycles. The molecule has 0 spiro atoms. The lowest BCUT2D eigenvalue weighted by atomic mass is 10.00. The molecule has 2 nitrogen and oxygen atoms in total. The summed E-state index contributed by atoms with van der Waals surface area (Å²) in [7, 11) is 0. The summed E-state index contributed by atoms with van der Waals surface area (Å²) in [6.07, 6.45) is -0.843. The summed E-state index contributed by atoms with van der Waals surface area (Å²) in [5.74, 6) is 0. The zero-order valence-corrected chi connectivity index (χ0v) is 7.94. The van der Waals surface area contributed by atoms with Crippen molar-refractivity contribution in [3.63, 3.8) is 0 Å². The molecule has 2 aromatic rings. The van der Waals surface area contributed by atoms with Crippen molar-refractivity contribution < 1.29 is 8.78 Å². The number of nitrogens with zero attached hydrogens (tertiary/aromatic N) is 1. The molecule has 1 N–H and O–H groups in total. The number of alkyl halides is 2. The minimum absolute atomic E-state index is 0.124. The molecule has 0 bridgehead atoms. The van der Waals surface area contributed by atoms with Crippen LogP contribution in [0.15, 0.2) is 12.3 Å². The predicted octanol–water partition coefficient (Wildman–Crippen LogP) is 3.12. The maximum Gasteiger partial charge on any atom is 0.264 e. The molecule has 74 valence electrons. The summed E-state index contributed by atoms with van der Waals surface area (Å²) in [4.78, 5) is 0. The van der Waals surface area contributed by atoms with Crippen molar-refractivity contribution in [1.82, 2.24) is 10.2 Å². The summed E-state index contributed by atoms with van der Waals surface area (Å²) in [6.45, 7) is 3.39. The molecular formula is C10H10F2N2. The van der Waals surface area contributed by atoms with Crippen LogP contribution in [0.4, 0.5) is 8.78 Å². The number of hydrogen-bond donors (Lipinski definition) is 1. The fourth-order valence-corrected chi connectivity index (χ4v) is 1.78. The van der Waals surface area contributed by atoms with E-state index in [1.54, 1.807) is 26.1 Å². The van der Waals surface area contributed by atoms with Crippen LogP contribution in [0.3, 0.4) is 0 Å². The fraction of sp³-hybridized carbons (Fsp3) is 0.300. The molecule has 14 heavy (non-hydrogen) atoms. The largest absolute Gasteiger partial charge is 0.278 e. The molecular weight excluding hydrogens is 186 g/mol. The third-order valence-corrected chi connectivity index (χ3v) is 2.48. The van der Waals surface area contributed by atoms with Gasteiger partial charge in [0, 0.05) is 10.9 Å². The normalized spacial score (nSPS) is 11.5. The van der Waals surface area contributed by atoms with E-state index in [-0.39, 0.29) is 5.56 Å². The summed E-state index contributed by atoms with van der Waals surface area (Å²) in [5, 5.41) is 7.38. The molecule has 0 saturated heterocycles. The summed E-state index contributed by atoms with van der Waals surface area (Å²) in [5.41, 5.74) is 2.15. The van der Waals surface area contributed by atoms with Crippen molar-refractivity contribution in [3.8, 4) is 0 Å². The van der Waals surface area contributed by atoms with E-state index in [1.165, 1.54) is 0 Å². The van der Waals surface area contributed by atoms with Gasteiger partial charge < -0.3 is 0 Å². The van der Waals surface area contributed by atoms with Crippen LogP contribution in [0, 0.1) is 13.8 Å². The minimum atomic E-state index is -2.42. The Labute approximate surface area is 79.9 Å². The number of nitrogens with one attached hydrogen (secondary N) is 1. The molecule has 1 aromatic carbocycles. The molecule has 0 amide bonds. The van der Waals surface area contributed by atoms with Gasteiger partial charge in [-0.15, -0.1) is 0 Å². The van der Waals surface area contributed by atoms with Crippen molar-refractivity contribution in [1.29, 1.82) is 0 Å². The van der Waals surface area contributed by atoms with Crippen molar-refractivity contribution in [2.75, 3.05) is 0 Å². The smallest absolute Gasteiger partial charge is 0.264 e. The average Bonchev–Trinajstić information content (AvgIpc) is 2.50. The van der Waals surface area contributed by atoms with Gasteiger partial charge >= 0.3 is 0 Å². The molecule has 1 aromatic heterocycles. The van der Waals surface area contributed by atoms with Crippen LogP contribution in [0.2, 0.25) is 0 Å². The third kappa shape index (κ3) is 1.18. The van der Waals surface area contributed by atoms with Crippen LogP contribution >= 0.6 is 0 Å². The third-order valence-electron chi connectivity index (χ3n) is 2.48. The van der Waals surface area contributed by atoms with Gasteiger partial charge in [-0.3, -0.25) is 5.10 Å². The van der Waals surface area contributed by atoms with Gasteiger partial charge in [0.1, 0.15) is 0 Å². The molecule has 0 unspecified atom stereocenters. The van der Waals surface area contributed by atoms with Gasteiger partial charge in [0.15, 0.2) is 0 Å². The van der Waals surface area contributed by atoms with Gasteiger partial charge in [-0.05, 0) is 31.0 Å². The van der Waals surface area contributed by atoms with Crippen LogP contribution in [0.1, 0.15) is 23.1 Å². The summed E-state index contributed by atoms with van der Waals surface area (Å²) >= 11 is 0. The Hall–Kier alpha value is -1.45. The van der Waals surface area contributed by atoms with Crippen molar-refractivity contribution in [2.45, 2.75) is 20.3 Å². The number of aromatic amines is 1. The number of H-pyrrole nitrogens is 1. The Balaban J connectivity index is 2.82. The lowest BCUT2D eigenvalue weighted by Gasteiger charge is -2.09. The molecule has 0 saturated carbocycles. The quantitative estimate of drug-likeness (QED) is 0.745. The first-order chi connectivity index (χ1) is 6.61. The first-order valence-corrected chi connectivity index (χ1v) is 4.32. The average molecular weight is 196 g/mol. The second kappa shape index (κ2) is 3.04. The zero-order chi connectivity index (χ0) is 10.3. The molecule has 2 rings (SSSR count). The first kappa shape index (κ1) is 9.12. The molecule has 0 aliphatic rings. The van der Waals surface area contributed by atoms with E-state index < -0.39 is 6.43 Å².